The molecule has 0 aliphatic carbocycles. The Morgan fingerprint density at radius 1 is 1.28 bits per heavy atom. The van der Waals surface area contributed by atoms with Gasteiger partial charge in [0.15, 0.2) is 11.6 Å². The minimum Gasteiger partial charge on any atom is -0.309 e. The van der Waals surface area contributed by atoms with E-state index in [9.17, 15) is 8.78 Å². The van der Waals surface area contributed by atoms with Gasteiger partial charge in [0, 0.05) is 14.9 Å². The summed E-state index contributed by atoms with van der Waals surface area (Å²) in [6, 6.07) is 5.73. The molecule has 0 aliphatic rings. The fraction of sp³-hybridized carbons (Fsp3) is 0.167. The smallest absolute Gasteiger partial charge is 0.163 e. The quantitative estimate of drug-likeness (QED) is 0.781. The Morgan fingerprint density at radius 3 is 2.56 bits per heavy atom. The van der Waals surface area contributed by atoms with Gasteiger partial charge in [-0.2, -0.15) is 0 Å². The maximum Gasteiger partial charge on any atom is 0.163 e. The van der Waals surface area contributed by atoms with Crippen LogP contribution in [0.3, 0.4) is 0 Å². The van der Waals surface area contributed by atoms with E-state index in [0.29, 0.717) is 5.56 Å². The van der Waals surface area contributed by atoms with Crippen LogP contribution < -0.4 is 5.32 Å². The van der Waals surface area contributed by atoms with E-state index in [4.69, 9.17) is 0 Å². The second-order valence-electron chi connectivity index (χ2n) is 3.64. The van der Waals surface area contributed by atoms with Gasteiger partial charge in [0.25, 0.3) is 0 Å². The Kier molecular flexibility index (Phi) is 4.53. The molecule has 1 atom stereocenters. The summed E-state index contributed by atoms with van der Waals surface area (Å²) in [5, 5.41) is 3.01. The number of halogens is 4. The van der Waals surface area contributed by atoms with Crippen molar-refractivity contribution < 1.29 is 8.78 Å². The van der Waals surface area contributed by atoms with Crippen molar-refractivity contribution >= 4 is 43.2 Å². The summed E-state index contributed by atoms with van der Waals surface area (Å²) in [4.78, 5) is 0.903. The molecule has 2 rings (SSSR count). The second-order valence-corrected chi connectivity index (χ2v) is 6.89. The first-order valence-corrected chi connectivity index (χ1v) is 7.50. The molecule has 0 saturated carbocycles. The summed E-state index contributed by atoms with van der Waals surface area (Å²) >= 11 is 8.26. The van der Waals surface area contributed by atoms with E-state index in [2.05, 4.69) is 37.2 Å². The standard InChI is InChI=1S/C12H9Br2F2NS/c1-17-11(9-5-7(13)12(14)18-9)6-3-2-4-8(15)10(6)16/h2-5,11,17H,1H3. The summed E-state index contributed by atoms with van der Waals surface area (Å²) in [5.41, 5.74) is 0.304. The zero-order valence-corrected chi connectivity index (χ0v) is 13.3. The first-order valence-electron chi connectivity index (χ1n) is 5.10. The van der Waals surface area contributed by atoms with E-state index in [1.54, 1.807) is 13.1 Å². The molecule has 0 aliphatic heterocycles. The summed E-state index contributed by atoms with van der Waals surface area (Å²) < 4.78 is 28.9. The van der Waals surface area contributed by atoms with E-state index < -0.39 is 11.6 Å². The minimum absolute atomic E-state index is 0.304. The number of benzene rings is 1. The zero-order chi connectivity index (χ0) is 13.3. The van der Waals surface area contributed by atoms with Crippen LogP contribution in [0.4, 0.5) is 8.78 Å². The predicted octanol–water partition coefficient (Wildman–Crippen LogP) is 4.86. The lowest BCUT2D eigenvalue weighted by atomic mass is 10.0. The number of hydrogen-bond donors (Lipinski definition) is 1. The molecule has 0 saturated heterocycles. The van der Waals surface area contributed by atoms with E-state index in [1.165, 1.54) is 17.4 Å². The van der Waals surface area contributed by atoms with Gasteiger partial charge in [0.2, 0.25) is 0 Å². The molecular formula is C12H9Br2F2NS. The normalized spacial score (nSPS) is 12.7. The Balaban J connectivity index is 2.48. The van der Waals surface area contributed by atoms with Gasteiger partial charge < -0.3 is 5.32 Å². The van der Waals surface area contributed by atoms with Gasteiger partial charge in [-0.1, -0.05) is 12.1 Å². The average molecular weight is 397 g/mol. The minimum atomic E-state index is -0.831. The third-order valence-electron chi connectivity index (χ3n) is 2.53. The third-order valence-corrected chi connectivity index (χ3v) is 5.85. The maximum absolute atomic E-state index is 13.8. The van der Waals surface area contributed by atoms with Gasteiger partial charge in [0.1, 0.15) is 0 Å². The Hall–Kier alpha value is -0.300. The molecule has 96 valence electrons. The Morgan fingerprint density at radius 2 is 2.00 bits per heavy atom. The molecule has 1 heterocycles. The summed E-state index contributed by atoms with van der Waals surface area (Å²) in [5.74, 6) is -1.64. The third kappa shape index (κ3) is 2.66. The topological polar surface area (TPSA) is 12.0 Å². The molecule has 1 aromatic heterocycles. The van der Waals surface area contributed by atoms with Crippen LogP contribution in [0.2, 0.25) is 0 Å². The lowest BCUT2D eigenvalue weighted by molar-refractivity contribution is 0.488. The summed E-state index contributed by atoms with van der Waals surface area (Å²) in [6.07, 6.45) is 0. The molecule has 1 nitrogen and oxygen atoms in total. The van der Waals surface area contributed by atoms with Crippen molar-refractivity contribution in [2.24, 2.45) is 0 Å². The fourth-order valence-electron chi connectivity index (χ4n) is 1.70. The van der Waals surface area contributed by atoms with Gasteiger partial charge in [-0.3, -0.25) is 0 Å². The van der Waals surface area contributed by atoms with Gasteiger partial charge >= 0.3 is 0 Å². The fourth-order valence-corrected chi connectivity index (χ4v) is 3.92. The maximum atomic E-state index is 13.8. The van der Waals surface area contributed by atoms with Gasteiger partial charge in [0.05, 0.1) is 9.83 Å². The SMILES string of the molecule is CNC(c1cc(Br)c(Br)s1)c1cccc(F)c1F. The van der Waals surface area contributed by atoms with E-state index in [1.807, 2.05) is 6.07 Å². The van der Waals surface area contributed by atoms with Crippen LogP contribution in [0.25, 0.3) is 0 Å². The predicted molar refractivity (Wildman–Crippen MR) is 77.0 cm³/mol. The molecule has 0 spiro atoms. The van der Waals surface area contributed by atoms with Crippen LogP contribution in [0.1, 0.15) is 16.5 Å². The van der Waals surface area contributed by atoms with E-state index in [-0.39, 0.29) is 6.04 Å². The summed E-state index contributed by atoms with van der Waals surface area (Å²) in [7, 11) is 1.72. The van der Waals surface area contributed by atoms with Crippen molar-refractivity contribution in [3.8, 4) is 0 Å². The largest absolute Gasteiger partial charge is 0.309 e. The molecule has 0 fully saturated rings. The van der Waals surface area contributed by atoms with Crippen molar-refractivity contribution in [1.29, 1.82) is 0 Å². The molecule has 2 aromatic rings. The van der Waals surface area contributed by atoms with Crippen molar-refractivity contribution in [3.63, 3.8) is 0 Å². The van der Waals surface area contributed by atoms with Crippen molar-refractivity contribution in [3.05, 3.63) is 54.6 Å². The Labute approximate surface area is 124 Å². The molecule has 1 aromatic carbocycles. The molecule has 0 amide bonds. The highest BCUT2D eigenvalue weighted by molar-refractivity contribution is 9.13. The van der Waals surface area contributed by atoms with Crippen LogP contribution >= 0.6 is 43.2 Å². The molecule has 18 heavy (non-hydrogen) atoms. The van der Waals surface area contributed by atoms with Crippen molar-refractivity contribution in [2.75, 3.05) is 7.05 Å². The van der Waals surface area contributed by atoms with Crippen LogP contribution in [0.15, 0.2) is 32.5 Å². The number of nitrogens with one attached hydrogen (secondary N) is 1. The van der Waals surface area contributed by atoms with Crippen LogP contribution in [0, 0.1) is 11.6 Å². The zero-order valence-electron chi connectivity index (χ0n) is 9.31. The first-order chi connectivity index (χ1) is 8.54. The first kappa shape index (κ1) is 14.1. The molecule has 1 unspecified atom stereocenters. The number of thiophene rings is 1. The second kappa shape index (κ2) is 5.77. The summed E-state index contributed by atoms with van der Waals surface area (Å²) in [6.45, 7) is 0. The molecule has 6 heteroatoms. The van der Waals surface area contributed by atoms with Crippen LogP contribution in [0.5, 0.6) is 0 Å². The monoisotopic (exact) mass is 395 g/mol. The highest BCUT2D eigenvalue weighted by atomic mass is 79.9. The van der Waals surface area contributed by atoms with E-state index in [0.717, 1.165) is 19.2 Å². The van der Waals surface area contributed by atoms with Crippen molar-refractivity contribution in [2.45, 2.75) is 6.04 Å². The van der Waals surface area contributed by atoms with Gasteiger partial charge in [-0.15, -0.1) is 11.3 Å². The lowest BCUT2D eigenvalue weighted by Crippen LogP contribution is -2.18. The number of hydrogen-bond acceptors (Lipinski definition) is 2. The highest BCUT2D eigenvalue weighted by Gasteiger charge is 2.21. The molecular weight excluding hydrogens is 388 g/mol. The molecule has 1 N–H and O–H groups in total. The van der Waals surface area contributed by atoms with Crippen molar-refractivity contribution in [1.82, 2.24) is 5.32 Å². The highest BCUT2D eigenvalue weighted by Crippen LogP contribution is 2.38. The van der Waals surface area contributed by atoms with Gasteiger partial charge in [-0.05, 0) is 51.0 Å². The van der Waals surface area contributed by atoms with Crippen LogP contribution in [-0.4, -0.2) is 7.05 Å². The van der Waals surface area contributed by atoms with Crippen LogP contribution in [-0.2, 0) is 0 Å². The molecule has 0 bridgehead atoms. The lowest BCUT2D eigenvalue weighted by Gasteiger charge is -2.15. The van der Waals surface area contributed by atoms with E-state index >= 15 is 0 Å². The molecule has 0 radical (unpaired) electrons. The van der Waals surface area contributed by atoms with Gasteiger partial charge in [-0.25, -0.2) is 8.78 Å². The average Bonchev–Trinajstić information content (AvgIpc) is 2.66. The Bertz CT molecular complexity index is 552. The number of rotatable bonds is 3.